The molecule has 0 aromatic carbocycles. The number of aliphatic imine (C=N–C) groups is 1. The third-order valence-electron chi connectivity index (χ3n) is 5.53. The van der Waals surface area contributed by atoms with Crippen LogP contribution in [0.3, 0.4) is 0 Å². The van der Waals surface area contributed by atoms with Crippen molar-refractivity contribution in [3.8, 4) is 0 Å². The van der Waals surface area contributed by atoms with Crippen molar-refractivity contribution in [2.45, 2.75) is 52.0 Å². The van der Waals surface area contributed by atoms with Crippen LogP contribution in [-0.2, 0) is 9.47 Å². The number of ether oxygens (including phenoxy) is 2. The van der Waals surface area contributed by atoms with Crippen LogP contribution in [0.15, 0.2) is 4.99 Å². The van der Waals surface area contributed by atoms with E-state index in [-0.39, 0.29) is 29.5 Å². The van der Waals surface area contributed by atoms with E-state index in [0.29, 0.717) is 19.1 Å². The Labute approximate surface area is 183 Å². The van der Waals surface area contributed by atoms with Crippen LogP contribution in [0.25, 0.3) is 0 Å². The number of nitrogens with one attached hydrogen (secondary N) is 1. The van der Waals surface area contributed by atoms with Crippen molar-refractivity contribution in [3.63, 3.8) is 0 Å². The van der Waals surface area contributed by atoms with Gasteiger partial charge in [-0.15, -0.1) is 24.0 Å². The fourth-order valence-electron chi connectivity index (χ4n) is 3.85. The van der Waals surface area contributed by atoms with E-state index in [1.165, 1.54) is 38.8 Å². The first kappa shape index (κ1) is 24.9. The molecule has 2 saturated heterocycles. The molecule has 27 heavy (non-hydrogen) atoms. The van der Waals surface area contributed by atoms with Gasteiger partial charge >= 0.3 is 0 Å². The lowest BCUT2D eigenvalue weighted by Crippen LogP contribution is -2.50. The molecule has 0 radical (unpaired) electrons. The fourth-order valence-corrected chi connectivity index (χ4v) is 3.85. The molecule has 6 nitrogen and oxygen atoms in total. The molecule has 0 spiro atoms. The lowest BCUT2D eigenvalue weighted by Gasteiger charge is -2.40. The van der Waals surface area contributed by atoms with Gasteiger partial charge in [0.15, 0.2) is 5.96 Å². The average molecular weight is 496 g/mol. The first-order chi connectivity index (χ1) is 12.6. The molecule has 1 N–H and O–H groups in total. The maximum Gasteiger partial charge on any atom is 0.193 e. The summed E-state index contributed by atoms with van der Waals surface area (Å²) in [5.74, 6) is 1.66. The molecule has 0 aromatic rings. The first-order valence-electron chi connectivity index (χ1n) is 10.4. The third-order valence-corrected chi connectivity index (χ3v) is 5.53. The zero-order chi connectivity index (χ0) is 18.8. The van der Waals surface area contributed by atoms with Gasteiger partial charge in [-0.25, -0.2) is 0 Å². The topological polar surface area (TPSA) is 49.3 Å². The molecule has 2 fully saturated rings. The second-order valence-corrected chi connectivity index (χ2v) is 8.20. The summed E-state index contributed by atoms with van der Waals surface area (Å²) in [4.78, 5) is 10.0. The van der Waals surface area contributed by atoms with Gasteiger partial charge in [0.1, 0.15) is 0 Å². The second kappa shape index (κ2) is 13.2. The molecule has 0 amide bonds. The Morgan fingerprint density at radius 1 is 1.15 bits per heavy atom. The van der Waals surface area contributed by atoms with E-state index in [9.17, 15) is 0 Å². The Balaban J connectivity index is 0.00000364. The van der Waals surface area contributed by atoms with Gasteiger partial charge in [0.25, 0.3) is 0 Å². The Kier molecular flexibility index (Phi) is 12.2. The molecule has 0 aliphatic carbocycles. The number of piperidine rings is 1. The van der Waals surface area contributed by atoms with Gasteiger partial charge in [0.2, 0.25) is 0 Å². The van der Waals surface area contributed by atoms with Crippen LogP contribution >= 0.6 is 24.0 Å². The van der Waals surface area contributed by atoms with Crippen molar-refractivity contribution < 1.29 is 9.47 Å². The Hall–Kier alpha value is -0.120. The number of halogens is 1. The number of hydrogen-bond donors (Lipinski definition) is 1. The highest BCUT2D eigenvalue weighted by Gasteiger charge is 2.29. The number of likely N-dealkylation sites (tertiary alicyclic amines) is 2. The number of rotatable bonds is 9. The molecular weight excluding hydrogens is 455 g/mol. The van der Waals surface area contributed by atoms with Gasteiger partial charge in [-0.3, -0.25) is 9.89 Å². The standard InChI is InChI=1S/C20H40N4O2.HI/c1-5-21-19(22-17-20(2,3)24-10-7-6-8-11-24)23-12-9-18(15-23)16-26-14-13-25-4;/h18H,5-17H2,1-4H3,(H,21,22);1H. The minimum absolute atomic E-state index is 0. The molecule has 7 heteroatoms. The van der Waals surface area contributed by atoms with E-state index in [2.05, 4.69) is 35.9 Å². The van der Waals surface area contributed by atoms with E-state index in [4.69, 9.17) is 14.5 Å². The smallest absolute Gasteiger partial charge is 0.193 e. The minimum Gasteiger partial charge on any atom is -0.382 e. The molecule has 0 saturated carbocycles. The lowest BCUT2D eigenvalue weighted by atomic mass is 9.99. The van der Waals surface area contributed by atoms with E-state index in [1.54, 1.807) is 7.11 Å². The molecule has 1 atom stereocenters. The SMILES string of the molecule is CCNC(=NCC(C)(C)N1CCCCC1)N1CCC(COCCOC)C1.I. The second-order valence-electron chi connectivity index (χ2n) is 8.20. The van der Waals surface area contributed by atoms with Crippen LogP contribution in [0.2, 0.25) is 0 Å². The Bertz CT molecular complexity index is 428. The fraction of sp³-hybridized carbons (Fsp3) is 0.950. The maximum atomic E-state index is 5.72. The van der Waals surface area contributed by atoms with Gasteiger partial charge in [-0.1, -0.05) is 6.42 Å². The van der Waals surface area contributed by atoms with Crippen LogP contribution in [0, 0.1) is 5.92 Å². The molecule has 2 heterocycles. The first-order valence-corrected chi connectivity index (χ1v) is 10.4. The van der Waals surface area contributed by atoms with Crippen LogP contribution in [0.1, 0.15) is 46.5 Å². The zero-order valence-corrected chi connectivity index (χ0v) is 20.2. The lowest BCUT2D eigenvalue weighted by molar-refractivity contribution is 0.0536. The van der Waals surface area contributed by atoms with Gasteiger partial charge in [-0.2, -0.15) is 0 Å². The number of nitrogens with zero attached hydrogens (tertiary/aromatic N) is 3. The largest absolute Gasteiger partial charge is 0.382 e. The summed E-state index contributed by atoms with van der Waals surface area (Å²) in [6.07, 6.45) is 5.20. The van der Waals surface area contributed by atoms with E-state index in [0.717, 1.165) is 38.7 Å². The van der Waals surface area contributed by atoms with Crippen LogP contribution < -0.4 is 5.32 Å². The van der Waals surface area contributed by atoms with Crippen molar-refractivity contribution in [2.75, 3.05) is 66.2 Å². The van der Waals surface area contributed by atoms with Crippen molar-refractivity contribution in [2.24, 2.45) is 10.9 Å². The van der Waals surface area contributed by atoms with Gasteiger partial charge in [0.05, 0.1) is 26.4 Å². The van der Waals surface area contributed by atoms with Crippen LogP contribution in [0.4, 0.5) is 0 Å². The predicted molar refractivity (Wildman–Crippen MR) is 123 cm³/mol. The maximum absolute atomic E-state index is 5.72. The molecule has 2 rings (SSSR count). The highest BCUT2D eigenvalue weighted by Crippen LogP contribution is 2.22. The van der Waals surface area contributed by atoms with Gasteiger partial charge in [0, 0.05) is 38.2 Å². The normalized spacial score (nSPS) is 22.0. The number of methoxy groups -OCH3 is 1. The summed E-state index contributed by atoms with van der Waals surface area (Å²) in [5, 5.41) is 3.49. The van der Waals surface area contributed by atoms with Gasteiger partial charge in [-0.05, 0) is 53.1 Å². The summed E-state index contributed by atoms with van der Waals surface area (Å²) in [7, 11) is 1.71. The Morgan fingerprint density at radius 3 is 2.56 bits per heavy atom. The molecule has 0 aromatic heterocycles. The number of guanidine groups is 1. The van der Waals surface area contributed by atoms with E-state index in [1.807, 2.05) is 0 Å². The highest BCUT2D eigenvalue weighted by atomic mass is 127. The van der Waals surface area contributed by atoms with Crippen molar-refractivity contribution >= 4 is 29.9 Å². The molecule has 2 aliphatic heterocycles. The summed E-state index contributed by atoms with van der Waals surface area (Å²) in [6, 6.07) is 0. The van der Waals surface area contributed by atoms with E-state index < -0.39 is 0 Å². The van der Waals surface area contributed by atoms with E-state index >= 15 is 0 Å². The molecule has 1 unspecified atom stereocenters. The quantitative estimate of drug-likeness (QED) is 0.230. The predicted octanol–water partition coefficient (Wildman–Crippen LogP) is 2.82. The summed E-state index contributed by atoms with van der Waals surface area (Å²) in [5.41, 5.74) is 0.128. The van der Waals surface area contributed by atoms with Crippen LogP contribution in [-0.4, -0.2) is 87.5 Å². The average Bonchev–Trinajstić information content (AvgIpc) is 3.12. The highest BCUT2D eigenvalue weighted by molar-refractivity contribution is 14.0. The van der Waals surface area contributed by atoms with Crippen molar-refractivity contribution in [1.82, 2.24) is 15.1 Å². The summed E-state index contributed by atoms with van der Waals surface area (Å²) in [6.45, 7) is 15.3. The van der Waals surface area contributed by atoms with Crippen LogP contribution in [0.5, 0.6) is 0 Å². The molecular formula is C20H41IN4O2. The number of hydrogen-bond acceptors (Lipinski definition) is 4. The molecule has 160 valence electrons. The van der Waals surface area contributed by atoms with Gasteiger partial charge < -0.3 is 19.7 Å². The molecule has 0 bridgehead atoms. The minimum atomic E-state index is 0. The molecule has 2 aliphatic rings. The van der Waals surface area contributed by atoms with Crippen molar-refractivity contribution in [1.29, 1.82) is 0 Å². The Morgan fingerprint density at radius 2 is 1.89 bits per heavy atom. The summed E-state index contributed by atoms with van der Waals surface area (Å²) < 4.78 is 10.8. The third kappa shape index (κ3) is 8.41. The van der Waals surface area contributed by atoms with Crippen molar-refractivity contribution in [3.05, 3.63) is 0 Å². The monoisotopic (exact) mass is 496 g/mol. The zero-order valence-electron chi connectivity index (χ0n) is 17.8. The summed E-state index contributed by atoms with van der Waals surface area (Å²) >= 11 is 0.